The van der Waals surface area contributed by atoms with Gasteiger partial charge in [-0.25, -0.2) is 0 Å². The van der Waals surface area contributed by atoms with Crippen molar-refractivity contribution in [3.63, 3.8) is 0 Å². The molecule has 2 unspecified atom stereocenters. The third-order valence-corrected chi connectivity index (χ3v) is 17.6. The summed E-state index contributed by atoms with van der Waals surface area (Å²) in [6.45, 7) is 9.51. The molecule has 0 N–H and O–H groups in total. The van der Waals surface area contributed by atoms with E-state index in [4.69, 9.17) is 0 Å². The molecule has 2 aliphatic rings. The van der Waals surface area contributed by atoms with Gasteiger partial charge in [0, 0.05) is 0 Å². The molecule has 2 aliphatic heterocycles. The number of aryl methyl sites for hydroxylation is 2. The summed E-state index contributed by atoms with van der Waals surface area (Å²) >= 11 is -4.08. The number of benzene rings is 2. The fourth-order valence-corrected chi connectivity index (χ4v) is 13.3. The molecule has 0 bridgehead atoms. The molecule has 0 amide bonds. The van der Waals surface area contributed by atoms with Gasteiger partial charge in [0.25, 0.3) is 0 Å². The minimum absolute atomic E-state index is 0.225. The molecule has 4 rings (SSSR count). The number of hydrogen-bond acceptors (Lipinski definition) is 0. The molecule has 33 heavy (non-hydrogen) atoms. The van der Waals surface area contributed by atoms with Crippen LogP contribution in [0.5, 0.6) is 0 Å². The first kappa shape index (κ1) is 25.3. The Labute approximate surface area is 209 Å². The first-order chi connectivity index (χ1) is 15.2. The number of hydrogen-bond donors (Lipinski definition) is 0. The molecule has 2 heterocycles. The van der Waals surface area contributed by atoms with Gasteiger partial charge in [-0.05, 0) is 0 Å². The van der Waals surface area contributed by atoms with Crippen molar-refractivity contribution >= 4 is 47.1 Å². The topological polar surface area (TPSA) is 0 Å². The van der Waals surface area contributed by atoms with E-state index in [1.54, 1.807) is 31.2 Å². The molecule has 0 saturated heterocycles. The Kier molecular flexibility index (Phi) is 6.24. The molecule has 0 fully saturated rings. The van der Waals surface area contributed by atoms with E-state index in [1.807, 2.05) is 0 Å². The molecule has 0 aliphatic carbocycles. The van der Waals surface area contributed by atoms with Crippen LogP contribution >= 0.6 is 0 Å². The van der Waals surface area contributed by atoms with E-state index in [1.165, 1.54) is 30.4 Å². The monoisotopic (exact) mass is 568 g/mol. The molecule has 0 saturated carbocycles. The van der Waals surface area contributed by atoms with Crippen molar-refractivity contribution in [1.29, 1.82) is 0 Å². The van der Waals surface area contributed by atoms with Gasteiger partial charge in [-0.1, -0.05) is 0 Å². The Morgan fingerprint density at radius 1 is 0.909 bits per heavy atom. The van der Waals surface area contributed by atoms with Gasteiger partial charge in [0.1, 0.15) is 0 Å². The van der Waals surface area contributed by atoms with Gasteiger partial charge in [0.15, 0.2) is 0 Å². The zero-order chi connectivity index (χ0) is 24.6. The summed E-state index contributed by atoms with van der Waals surface area (Å²) in [6, 6.07) is 10.7. The van der Waals surface area contributed by atoms with E-state index < -0.39 is 26.5 Å². The van der Waals surface area contributed by atoms with E-state index in [9.17, 15) is 0 Å². The van der Waals surface area contributed by atoms with Crippen LogP contribution in [0.4, 0.5) is 5.69 Å². The molecular formula is C30H46Ge2N+. The molecule has 0 aromatic heterocycles. The fraction of sp³-hybridized carbons (Fsp3) is 0.533. The first-order valence-corrected chi connectivity index (χ1v) is 27.7. The molecule has 3 heteroatoms. The van der Waals surface area contributed by atoms with E-state index in [2.05, 4.69) is 106 Å². The van der Waals surface area contributed by atoms with Crippen molar-refractivity contribution in [2.24, 2.45) is 0 Å². The normalized spacial score (nSPS) is 23.7. The van der Waals surface area contributed by atoms with Gasteiger partial charge >= 0.3 is 210 Å². The van der Waals surface area contributed by atoms with E-state index in [-0.39, 0.29) is 5.54 Å². The third kappa shape index (κ3) is 3.76. The molecular weight excluding hydrogens is 520 g/mol. The third-order valence-electron chi connectivity index (χ3n) is 9.11. The molecule has 2 aromatic carbocycles. The maximum atomic E-state index is 2.69. The van der Waals surface area contributed by atoms with Crippen LogP contribution in [0.1, 0.15) is 60.5 Å². The first-order valence-electron chi connectivity index (χ1n) is 13.0. The van der Waals surface area contributed by atoms with Crippen LogP contribution in [0.3, 0.4) is 0 Å². The zero-order valence-electron chi connectivity index (χ0n) is 23.1. The summed E-state index contributed by atoms with van der Waals surface area (Å²) in [5.41, 5.74) is 9.53. The SMILES string of the molecule is CCC1(CC)Cc2c(C)cc(C)cc2C2C=Cc3c(c[c]([Ge]([CH3])([CH3])[CH3])c[c]3[Ge]([CH3])([CH3])[CH3])[N+]21C. The minimum atomic E-state index is -2.07. The van der Waals surface area contributed by atoms with Crippen LogP contribution in [0.25, 0.3) is 6.08 Å². The Hall–Kier alpha value is -0.774. The van der Waals surface area contributed by atoms with Crippen LogP contribution in [0, 0.1) is 13.8 Å². The number of rotatable bonds is 4. The quantitative estimate of drug-likeness (QED) is 0.271. The van der Waals surface area contributed by atoms with Crippen LogP contribution in [0.15, 0.2) is 30.3 Å². The average Bonchev–Trinajstić information content (AvgIpc) is 2.71. The van der Waals surface area contributed by atoms with E-state index >= 15 is 0 Å². The average molecular weight is 566 g/mol. The Morgan fingerprint density at radius 2 is 1.55 bits per heavy atom. The van der Waals surface area contributed by atoms with Crippen molar-refractivity contribution < 1.29 is 0 Å². The van der Waals surface area contributed by atoms with E-state index in [0.29, 0.717) is 6.04 Å². The van der Waals surface area contributed by atoms with Crippen LogP contribution in [-0.2, 0) is 6.42 Å². The summed E-state index contributed by atoms with van der Waals surface area (Å²) < 4.78 is 4.48. The second-order valence-electron chi connectivity index (χ2n) is 13.1. The van der Waals surface area contributed by atoms with Crippen LogP contribution < -0.4 is 13.3 Å². The van der Waals surface area contributed by atoms with Crippen molar-refractivity contribution in [1.82, 2.24) is 4.48 Å². The standard InChI is InChI=1S/C30H46Ge2N/c1-12-30(13-2)20-26-22(4)16-21(3)17-25(26)28-15-14-24-27(32(8,9)10)18-23(31(5,6)7)19-29(24)33(28,30)11/h14-19,28H,12-13,20H2,1-11H3/q+1. The summed E-state index contributed by atoms with van der Waals surface area (Å²) in [5.74, 6) is 15.5. The molecule has 2 atom stereocenters. The van der Waals surface area contributed by atoms with Gasteiger partial charge < -0.3 is 0 Å². The van der Waals surface area contributed by atoms with E-state index in [0.717, 1.165) is 4.48 Å². The number of fused-ring (bicyclic) bond motifs is 5. The predicted molar refractivity (Wildman–Crippen MR) is 155 cm³/mol. The number of likely N-dealkylation sites (N-methyl/N-ethyl adjacent to an activating group) is 1. The Bertz CT molecular complexity index is 1130. The second-order valence-corrected chi connectivity index (χ2v) is 34.3. The summed E-state index contributed by atoms with van der Waals surface area (Å²) in [5, 5.41) is 0. The van der Waals surface area contributed by atoms with Gasteiger partial charge in [-0.15, -0.1) is 0 Å². The summed E-state index contributed by atoms with van der Waals surface area (Å²) in [4.78, 5) is 0. The Morgan fingerprint density at radius 3 is 2.09 bits per heavy atom. The number of quaternary nitrogens is 1. The van der Waals surface area contributed by atoms with Crippen molar-refractivity contribution in [2.45, 2.75) is 93.1 Å². The van der Waals surface area contributed by atoms with Crippen LogP contribution in [0.2, 0.25) is 34.5 Å². The maximum absolute atomic E-state index is 2.69. The van der Waals surface area contributed by atoms with Gasteiger partial charge in [-0.2, -0.15) is 0 Å². The molecule has 0 spiro atoms. The van der Waals surface area contributed by atoms with Gasteiger partial charge in [0.05, 0.1) is 0 Å². The molecule has 2 aromatic rings. The van der Waals surface area contributed by atoms with Crippen molar-refractivity contribution in [3.05, 3.63) is 58.2 Å². The fourth-order valence-electron chi connectivity index (χ4n) is 6.88. The molecule has 178 valence electrons. The zero-order valence-corrected chi connectivity index (χ0v) is 27.3. The summed E-state index contributed by atoms with van der Waals surface area (Å²) in [7, 11) is 2.60. The summed E-state index contributed by atoms with van der Waals surface area (Å²) in [6.07, 6.45) is 8.74. The number of nitrogens with zero attached hydrogens (tertiary/aromatic N) is 1. The van der Waals surface area contributed by atoms with Crippen molar-refractivity contribution in [2.75, 3.05) is 7.05 Å². The van der Waals surface area contributed by atoms with Gasteiger partial charge in [0.2, 0.25) is 0 Å². The predicted octanol–water partition coefficient (Wildman–Crippen LogP) is 7.21. The van der Waals surface area contributed by atoms with Crippen LogP contribution in [-0.4, -0.2) is 39.1 Å². The second kappa shape index (κ2) is 8.13. The molecule has 0 radical (unpaired) electrons. The Balaban J connectivity index is 2.14. The van der Waals surface area contributed by atoms with Crippen molar-refractivity contribution in [3.8, 4) is 0 Å². The van der Waals surface area contributed by atoms with Gasteiger partial charge in [-0.3, -0.25) is 0 Å². The molecule has 1 nitrogen and oxygen atoms in total.